The van der Waals surface area contributed by atoms with Crippen molar-refractivity contribution in [3.8, 4) is 5.95 Å². The smallest absolute Gasteiger partial charge is 0.308 e. The summed E-state index contributed by atoms with van der Waals surface area (Å²) in [7, 11) is 0. The lowest BCUT2D eigenvalue weighted by Gasteiger charge is -2.24. The van der Waals surface area contributed by atoms with Gasteiger partial charge in [0.15, 0.2) is 0 Å². The van der Waals surface area contributed by atoms with E-state index in [1.807, 2.05) is 33.8 Å². The normalized spacial score (nSPS) is 14.8. The van der Waals surface area contributed by atoms with Gasteiger partial charge in [-0.25, -0.2) is 14.6 Å². The molecule has 1 N–H and O–H groups in total. The molecule has 0 aromatic carbocycles. The van der Waals surface area contributed by atoms with Crippen molar-refractivity contribution < 1.29 is 14.7 Å². The maximum atomic E-state index is 13.0. The van der Waals surface area contributed by atoms with Crippen molar-refractivity contribution in [1.29, 1.82) is 0 Å². The van der Waals surface area contributed by atoms with E-state index < -0.39 is 11.9 Å². The van der Waals surface area contributed by atoms with Crippen LogP contribution in [-0.4, -0.2) is 54.2 Å². The Kier molecular flexibility index (Phi) is 5.49. The van der Waals surface area contributed by atoms with E-state index in [9.17, 15) is 14.7 Å². The Bertz CT molecular complexity index is 897. The topological polar surface area (TPSA) is 101 Å². The summed E-state index contributed by atoms with van der Waals surface area (Å²) >= 11 is 0. The van der Waals surface area contributed by atoms with Crippen molar-refractivity contribution in [2.24, 2.45) is 5.92 Å². The van der Waals surface area contributed by atoms with E-state index in [1.54, 1.807) is 16.5 Å². The van der Waals surface area contributed by atoms with Gasteiger partial charge in [0.2, 0.25) is 5.91 Å². The second-order valence-electron chi connectivity index (χ2n) is 7.71. The van der Waals surface area contributed by atoms with E-state index >= 15 is 0 Å². The zero-order valence-electron chi connectivity index (χ0n) is 17.1. The molecule has 0 radical (unpaired) electrons. The molecular formula is C20H27N5O3. The lowest BCUT2D eigenvalue weighted by Crippen LogP contribution is -2.39. The molecular weight excluding hydrogens is 358 g/mol. The quantitative estimate of drug-likeness (QED) is 0.784. The molecule has 0 spiro atoms. The van der Waals surface area contributed by atoms with Crippen molar-refractivity contribution in [3.05, 3.63) is 34.4 Å². The number of hydrogen-bond acceptors (Lipinski definition) is 5. The van der Waals surface area contributed by atoms with Crippen molar-refractivity contribution in [2.75, 3.05) is 6.54 Å². The van der Waals surface area contributed by atoms with E-state index in [1.165, 1.54) is 0 Å². The monoisotopic (exact) mass is 385 g/mol. The highest BCUT2D eigenvalue weighted by molar-refractivity contribution is 5.81. The lowest BCUT2D eigenvalue weighted by atomic mass is 10.1. The minimum atomic E-state index is -0.884. The summed E-state index contributed by atoms with van der Waals surface area (Å²) in [5.41, 5.74) is 4.15. The second kappa shape index (κ2) is 7.69. The van der Waals surface area contributed by atoms with Gasteiger partial charge in [-0.1, -0.05) is 6.92 Å². The Morgan fingerprint density at radius 2 is 1.82 bits per heavy atom. The standard InChI is InChI=1S/C20H27N5O3/c1-11(19(27)28)10-24(16-6-7-16)18(26)9-17-14(4)23-25(15(17)5)20-21-12(2)8-13(3)22-20/h8,11,16H,6-7,9-10H2,1-5H3,(H,27,28). The van der Waals surface area contributed by atoms with Crippen LogP contribution in [0.15, 0.2) is 6.07 Å². The average molecular weight is 385 g/mol. The second-order valence-corrected chi connectivity index (χ2v) is 7.71. The minimum Gasteiger partial charge on any atom is -0.481 e. The van der Waals surface area contributed by atoms with Crippen LogP contribution >= 0.6 is 0 Å². The van der Waals surface area contributed by atoms with Crippen LogP contribution in [0, 0.1) is 33.6 Å². The van der Waals surface area contributed by atoms with Gasteiger partial charge in [0.1, 0.15) is 0 Å². The molecule has 1 saturated carbocycles. The highest BCUT2D eigenvalue weighted by Gasteiger charge is 2.35. The first kappa shape index (κ1) is 20.0. The van der Waals surface area contributed by atoms with Crippen LogP contribution in [-0.2, 0) is 16.0 Å². The number of hydrogen-bond donors (Lipinski definition) is 1. The summed E-state index contributed by atoms with van der Waals surface area (Å²) in [4.78, 5) is 34.8. The fourth-order valence-electron chi connectivity index (χ4n) is 3.39. The van der Waals surface area contributed by atoms with Crippen LogP contribution in [0.1, 0.15) is 48.1 Å². The Hall–Kier alpha value is -2.77. The predicted octanol–water partition coefficient (Wildman–Crippen LogP) is 2.15. The predicted molar refractivity (Wildman–Crippen MR) is 103 cm³/mol. The molecule has 0 saturated heterocycles. The SMILES string of the molecule is Cc1cc(C)nc(-n2nc(C)c(CC(=O)N(CC(C)C(=O)O)C3CC3)c2C)n1. The number of aryl methyl sites for hydroxylation is 3. The molecule has 1 unspecified atom stereocenters. The molecule has 1 aliphatic carbocycles. The van der Waals surface area contributed by atoms with Crippen LogP contribution in [0.4, 0.5) is 0 Å². The summed E-state index contributed by atoms with van der Waals surface area (Å²) in [5.74, 6) is -1.03. The van der Waals surface area contributed by atoms with Crippen LogP contribution in [0.3, 0.4) is 0 Å². The lowest BCUT2D eigenvalue weighted by molar-refractivity contribution is -0.143. The number of rotatable bonds is 7. The molecule has 1 fully saturated rings. The van der Waals surface area contributed by atoms with Crippen LogP contribution in [0.2, 0.25) is 0 Å². The summed E-state index contributed by atoms with van der Waals surface area (Å²) < 4.78 is 1.68. The zero-order chi connectivity index (χ0) is 20.6. The summed E-state index contributed by atoms with van der Waals surface area (Å²) in [6, 6.07) is 2.06. The van der Waals surface area contributed by atoms with Gasteiger partial charge in [0.25, 0.3) is 5.95 Å². The third kappa shape index (κ3) is 4.21. The highest BCUT2D eigenvalue weighted by Crippen LogP contribution is 2.29. The molecule has 0 aliphatic heterocycles. The zero-order valence-corrected chi connectivity index (χ0v) is 17.1. The van der Waals surface area contributed by atoms with Crippen molar-refractivity contribution in [3.63, 3.8) is 0 Å². The van der Waals surface area contributed by atoms with Gasteiger partial charge >= 0.3 is 5.97 Å². The van der Waals surface area contributed by atoms with Crippen LogP contribution in [0.5, 0.6) is 0 Å². The number of nitrogens with zero attached hydrogens (tertiary/aromatic N) is 5. The molecule has 3 rings (SSSR count). The molecule has 1 amide bonds. The van der Waals surface area contributed by atoms with Gasteiger partial charge in [-0.3, -0.25) is 9.59 Å². The third-order valence-electron chi connectivity index (χ3n) is 5.13. The first-order valence-corrected chi connectivity index (χ1v) is 9.57. The largest absolute Gasteiger partial charge is 0.481 e. The Labute approximate surface area is 164 Å². The van der Waals surface area contributed by atoms with Crippen molar-refractivity contribution in [2.45, 2.75) is 59.9 Å². The maximum Gasteiger partial charge on any atom is 0.308 e. The molecule has 2 aromatic rings. The van der Waals surface area contributed by atoms with E-state index in [0.717, 1.165) is 41.2 Å². The number of carboxylic acid groups (broad SMARTS) is 1. The van der Waals surface area contributed by atoms with Gasteiger partial charge in [-0.05, 0) is 46.6 Å². The van der Waals surface area contributed by atoms with Crippen LogP contribution in [0.25, 0.3) is 5.95 Å². The molecule has 1 aliphatic rings. The van der Waals surface area contributed by atoms with E-state index in [4.69, 9.17) is 0 Å². The Morgan fingerprint density at radius 1 is 1.21 bits per heavy atom. The number of aromatic nitrogens is 4. The number of carboxylic acids is 1. The molecule has 2 heterocycles. The molecule has 0 bridgehead atoms. The first-order valence-electron chi connectivity index (χ1n) is 9.57. The third-order valence-corrected chi connectivity index (χ3v) is 5.13. The fourth-order valence-corrected chi connectivity index (χ4v) is 3.39. The van der Waals surface area contributed by atoms with Crippen LogP contribution < -0.4 is 0 Å². The van der Waals surface area contributed by atoms with E-state index in [2.05, 4.69) is 15.1 Å². The maximum absolute atomic E-state index is 13.0. The average Bonchev–Trinajstić information content (AvgIpc) is 3.40. The Balaban J connectivity index is 1.85. The van der Waals surface area contributed by atoms with Gasteiger partial charge < -0.3 is 10.0 Å². The number of amides is 1. The number of carbonyl (C=O) groups excluding carboxylic acids is 1. The van der Waals surface area contributed by atoms with Crippen molar-refractivity contribution in [1.82, 2.24) is 24.6 Å². The van der Waals surface area contributed by atoms with Gasteiger partial charge in [0.05, 0.1) is 18.0 Å². The molecule has 2 aromatic heterocycles. The number of carbonyl (C=O) groups is 2. The summed E-state index contributed by atoms with van der Waals surface area (Å²) in [6.45, 7) is 9.47. The summed E-state index contributed by atoms with van der Waals surface area (Å²) in [5, 5.41) is 13.8. The molecule has 1 atom stereocenters. The van der Waals surface area contributed by atoms with E-state index in [0.29, 0.717) is 5.95 Å². The first-order chi connectivity index (χ1) is 13.2. The van der Waals surface area contributed by atoms with Gasteiger partial charge in [-0.15, -0.1) is 0 Å². The molecule has 150 valence electrons. The van der Waals surface area contributed by atoms with Gasteiger partial charge in [-0.2, -0.15) is 5.10 Å². The van der Waals surface area contributed by atoms with Crippen molar-refractivity contribution >= 4 is 11.9 Å². The molecule has 8 heteroatoms. The molecule has 8 nitrogen and oxygen atoms in total. The summed E-state index contributed by atoms with van der Waals surface area (Å²) in [6.07, 6.45) is 2.07. The Morgan fingerprint density at radius 3 is 2.36 bits per heavy atom. The van der Waals surface area contributed by atoms with Gasteiger partial charge in [0, 0.05) is 35.2 Å². The molecule has 28 heavy (non-hydrogen) atoms. The van der Waals surface area contributed by atoms with E-state index in [-0.39, 0.29) is 24.9 Å². The minimum absolute atomic E-state index is 0.0531. The highest BCUT2D eigenvalue weighted by atomic mass is 16.4. The number of aliphatic carboxylic acids is 1. The fraction of sp³-hybridized carbons (Fsp3) is 0.550.